The van der Waals surface area contributed by atoms with Crippen LogP contribution in [0.3, 0.4) is 0 Å². The molecule has 0 spiro atoms. The van der Waals surface area contributed by atoms with Crippen molar-refractivity contribution in [2.24, 2.45) is 0 Å². The van der Waals surface area contributed by atoms with Crippen molar-refractivity contribution in [1.29, 1.82) is 0 Å². The van der Waals surface area contributed by atoms with E-state index in [1.54, 1.807) is 28.5 Å². The van der Waals surface area contributed by atoms with Gasteiger partial charge in [0.1, 0.15) is 80.9 Å². The maximum Gasteiger partial charge on any atom is 0.410 e. The predicted molar refractivity (Wildman–Crippen MR) is 352 cm³/mol. The van der Waals surface area contributed by atoms with Crippen LogP contribution in [0.15, 0.2) is 65.2 Å². The van der Waals surface area contributed by atoms with E-state index >= 15 is 0 Å². The highest BCUT2D eigenvalue weighted by atomic mass is 35.5. The Labute approximate surface area is 564 Å². The average Bonchev–Trinajstić information content (AvgIpc) is 1.59. The van der Waals surface area contributed by atoms with Gasteiger partial charge in [0.15, 0.2) is 19.7 Å². The van der Waals surface area contributed by atoms with Crippen molar-refractivity contribution in [1.82, 2.24) is 44.6 Å². The Morgan fingerprint density at radius 2 is 0.872 bits per heavy atom. The van der Waals surface area contributed by atoms with E-state index in [-0.39, 0.29) is 63.0 Å². The summed E-state index contributed by atoms with van der Waals surface area (Å²) in [4.78, 5) is 64.7. The zero-order chi connectivity index (χ0) is 69.7. The fraction of sp³-hybridized carbons (Fsp3) is 0.571. The topological polar surface area (TPSA) is 311 Å². The first kappa shape index (κ1) is 76.3. The van der Waals surface area contributed by atoms with E-state index in [4.69, 9.17) is 64.2 Å². The highest BCUT2D eigenvalue weighted by Gasteiger charge is 2.39. The minimum Gasteiger partial charge on any atom is -0.474 e. The number of piperidine rings is 3. The maximum absolute atomic E-state index is 14.7. The number of aliphatic hydroxyl groups excluding tert-OH is 1. The molecule has 3 amide bonds. The molecule has 3 saturated heterocycles. The molecule has 3 aliphatic heterocycles. The maximum atomic E-state index is 14.7. The quantitative estimate of drug-likeness (QED) is 0.0664. The van der Waals surface area contributed by atoms with E-state index in [9.17, 15) is 45.1 Å². The van der Waals surface area contributed by atoms with Crippen molar-refractivity contribution in [2.75, 3.05) is 50.3 Å². The lowest BCUT2D eigenvalue weighted by molar-refractivity contribution is 0.00934. The number of amides is 3. The molecule has 0 radical (unpaired) electrons. The van der Waals surface area contributed by atoms with Crippen LogP contribution in [0.4, 0.5) is 40.4 Å². The van der Waals surface area contributed by atoms with Crippen LogP contribution in [-0.2, 0) is 33.9 Å². The minimum absolute atomic E-state index is 0.00999. The number of sulfone groups is 2. The second-order valence-electron chi connectivity index (χ2n) is 26.0. The molecule has 94 heavy (non-hydrogen) atoms. The van der Waals surface area contributed by atoms with Crippen molar-refractivity contribution < 1.29 is 68.8 Å². The molecule has 4 N–H and O–H groups in total. The summed E-state index contributed by atoms with van der Waals surface area (Å²) >= 11 is 17.1. The first-order valence-electron chi connectivity index (χ1n) is 30.8. The van der Waals surface area contributed by atoms with Crippen molar-refractivity contribution >= 4 is 89.9 Å². The zero-order valence-corrected chi connectivity index (χ0v) is 59.0. The number of ether oxygens (including phenoxy) is 5. The number of rotatable bonds is 10. The number of benzene rings is 2. The van der Waals surface area contributed by atoms with Crippen LogP contribution in [0.5, 0.6) is 11.8 Å². The van der Waals surface area contributed by atoms with Crippen molar-refractivity contribution in [3.05, 3.63) is 99.2 Å². The third-order valence-corrected chi connectivity index (χ3v) is 20.2. The van der Waals surface area contributed by atoms with Gasteiger partial charge in [-0.1, -0.05) is 34.8 Å². The Bertz CT molecular complexity index is 3630. The summed E-state index contributed by atoms with van der Waals surface area (Å²) < 4.78 is 104. The van der Waals surface area contributed by atoms with Crippen LogP contribution in [0, 0.1) is 32.4 Å². The number of halogens is 5. The van der Waals surface area contributed by atoms with Gasteiger partial charge in [0.05, 0.1) is 43.3 Å². The van der Waals surface area contributed by atoms with Gasteiger partial charge in [-0.3, -0.25) is 0 Å². The molecular weight excluding hydrogens is 1330 g/mol. The Morgan fingerprint density at radius 3 is 1.24 bits per heavy atom. The molecule has 518 valence electrons. The largest absolute Gasteiger partial charge is 0.474 e. The molecule has 0 bridgehead atoms. The number of anilines is 3. The molecule has 2 saturated carbocycles. The van der Waals surface area contributed by atoms with Crippen LogP contribution in [-0.4, -0.2) is 170 Å². The summed E-state index contributed by atoms with van der Waals surface area (Å²) in [6.07, 6.45) is 9.39. The van der Waals surface area contributed by atoms with Gasteiger partial charge < -0.3 is 54.5 Å². The number of carbonyl (C=O) groups is 3. The highest BCUT2D eigenvalue weighted by Crippen LogP contribution is 2.37. The van der Waals surface area contributed by atoms with Crippen molar-refractivity contribution in [3.8, 4) is 11.8 Å². The van der Waals surface area contributed by atoms with Gasteiger partial charge in [-0.25, -0.2) is 69.9 Å². The number of aromatic nitrogens is 6. The third-order valence-electron chi connectivity index (χ3n) is 14.6. The Hall–Kier alpha value is -6.72. The number of hydrogen-bond donors (Lipinski definition) is 3. The Morgan fingerprint density at radius 1 is 0.521 bits per heavy atom. The SMILES string of the molecule is CC(C)(C)OC(=O)N1CCC(O)CC1.Cc1c(Cl)ncnc1Cl.Cc1c(Cl)ncnc1OC1CCN(C(=O)OC(C)(C)C)CC1.Cc1c(Nc2ccc(S(=O)(=O)C3CC3)cc2F)ncnc1OC1CCN(C(=O)OC(C)(C)C)CC1.Nc1ccc(S(=O)(=O)C2CC2)cc1F. The van der Waals surface area contributed by atoms with Crippen LogP contribution in [0.2, 0.25) is 15.5 Å². The molecule has 2 aromatic carbocycles. The van der Waals surface area contributed by atoms with Crippen LogP contribution >= 0.6 is 34.8 Å². The lowest BCUT2D eigenvalue weighted by Gasteiger charge is -2.33. The van der Waals surface area contributed by atoms with Crippen LogP contribution in [0.1, 0.15) is 143 Å². The molecule has 5 fully saturated rings. The number of likely N-dealkylation sites (tertiary alicyclic amines) is 3. The smallest absolute Gasteiger partial charge is 0.410 e. The zero-order valence-electron chi connectivity index (χ0n) is 55.1. The van der Waals surface area contributed by atoms with Crippen molar-refractivity contribution in [3.63, 3.8) is 0 Å². The fourth-order valence-corrected chi connectivity index (χ4v) is 12.8. The molecule has 0 unspecified atom stereocenters. The summed E-state index contributed by atoms with van der Waals surface area (Å²) in [5.41, 5.74) is 5.93. The molecule has 6 heterocycles. The lowest BCUT2D eigenvalue weighted by Crippen LogP contribution is -2.44. The monoisotopic (exact) mass is 1410 g/mol. The number of nitrogens with one attached hydrogen (secondary N) is 1. The molecule has 10 rings (SSSR count). The van der Waals surface area contributed by atoms with E-state index in [1.807, 2.05) is 69.2 Å². The summed E-state index contributed by atoms with van der Waals surface area (Å²) in [6, 6.07) is 7.48. The number of nitrogen functional groups attached to an aromatic ring is 1. The van der Waals surface area contributed by atoms with Gasteiger partial charge in [-0.15, -0.1) is 0 Å². The van der Waals surface area contributed by atoms with E-state index < -0.39 is 53.4 Å². The second kappa shape index (κ2) is 32.8. The van der Waals surface area contributed by atoms with Gasteiger partial charge in [0.2, 0.25) is 11.8 Å². The summed E-state index contributed by atoms with van der Waals surface area (Å²) in [7, 11) is -6.77. The number of hydrogen-bond acceptors (Lipinski definition) is 21. The van der Waals surface area contributed by atoms with E-state index in [0.29, 0.717) is 129 Å². The first-order chi connectivity index (χ1) is 43.8. The van der Waals surface area contributed by atoms with E-state index in [0.717, 1.165) is 36.1 Å². The molecular formula is C63H86Cl3F2N11O13S2. The van der Waals surface area contributed by atoms with E-state index in [1.165, 1.54) is 43.2 Å². The van der Waals surface area contributed by atoms with Crippen LogP contribution in [0.25, 0.3) is 0 Å². The van der Waals surface area contributed by atoms with Gasteiger partial charge in [0, 0.05) is 76.1 Å². The van der Waals surface area contributed by atoms with Gasteiger partial charge >= 0.3 is 18.3 Å². The lowest BCUT2D eigenvalue weighted by atomic mass is 10.1. The van der Waals surface area contributed by atoms with Crippen LogP contribution < -0.4 is 20.5 Å². The Balaban J connectivity index is 0.000000203. The summed E-state index contributed by atoms with van der Waals surface area (Å²) in [5.74, 6) is -0.117. The highest BCUT2D eigenvalue weighted by molar-refractivity contribution is 7.92. The molecule has 5 aliphatic rings. The van der Waals surface area contributed by atoms with Gasteiger partial charge in [0.25, 0.3) is 0 Å². The summed E-state index contributed by atoms with van der Waals surface area (Å²) in [6.45, 7) is 25.4. The molecule has 5 aromatic rings. The molecule has 2 aliphatic carbocycles. The first-order valence-corrected chi connectivity index (χ1v) is 35.0. The van der Waals surface area contributed by atoms with Gasteiger partial charge in [-0.2, -0.15) is 0 Å². The molecule has 24 nitrogen and oxygen atoms in total. The number of nitrogens with zero attached hydrogens (tertiary/aromatic N) is 9. The third kappa shape index (κ3) is 23.6. The predicted octanol–water partition coefficient (Wildman–Crippen LogP) is 12.4. The fourth-order valence-electron chi connectivity index (χ4n) is 9.00. The van der Waals surface area contributed by atoms with Crippen molar-refractivity contribution in [2.45, 2.75) is 203 Å². The van der Waals surface area contributed by atoms with E-state index in [2.05, 4.69) is 35.2 Å². The number of aliphatic hydroxyl groups is 1. The molecule has 3 aromatic heterocycles. The normalized spacial score (nSPS) is 16.6. The molecule has 31 heteroatoms. The number of carbonyl (C=O) groups excluding carboxylic acids is 3. The number of nitrogens with two attached hydrogens (primary N) is 1. The summed E-state index contributed by atoms with van der Waals surface area (Å²) in [5, 5.41) is 12.7. The minimum atomic E-state index is -3.47. The Kier molecular flexibility index (Phi) is 26.6. The standard InChI is InChI=1S/C24H31FN4O5S.C15H22ClN3O3.C10H19NO3.C9H10FNO2S.C5H4Cl2N2/c1-15-21(28-20-8-7-18(13-19(20)25)35(31,32)17-5-6-17)26-14-27-22(15)33-16-9-11-29(12-10-16)23(30)34-24(2,3)4;1-10-12(16)17-9-18-13(10)21-11-5-7-19(8-6-11)14(20)22-15(2,3)4;1-10(2,3)14-9(13)11-6-4-8(12)5-7-11;10-8-5-7(3-4-9(8)11)14(12,13)6-1-2-6;1-3-4(6)8-2-9-5(3)7/h7-8,13-14,16-17H,5-6,9-12H2,1-4H3,(H,26,27,28);9,11H,5-8H2,1-4H3;8,12H,4-7H2,1-3H3;3-6H,1-2,11H2;2H,1H3. The second-order valence-corrected chi connectivity index (χ2v) is 31.6. The van der Waals surface area contributed by atoms with Gasteiger partial charge in [-0.05, 0) is 158 Å². The average molecular weight is 1410 g/mol. The molecule has 0 atom stereocenters.